The molecule has 0 bridgehead atoms. The maximum absolute atomic E-state index is 5.15. The van der Waals surface area contributed by atoms with E-state index in [2.05, 4.69) is 42.5 Å². The van der Waals surface area contributed by atoms with E-state index in [-0.39, 0.29) is 5.41 Å². The predicted octanol–water partition coefficient (Wildman–Crippen LogP) is 3.28. The van der Waals surface area contributed by atoms with Gasteiger partial charge >= 0.3 is 0 Å². The Morgan fingerprint density at radius 3 is 3.00 bits per heavy atom. The fourth-order valence-electron chi connectivity index (χ4n) is 3.00. The first-order valence-electron chi connectivity index (χ1n) is 6.38. The first-order valence-corrected chi connectivity index (χ1v) is 6.38. The number of benzene rings is 1. The molecular weight excluding hydrogens is 224 g/mol. The second kappa shape index (κ2) is 3.87. The van der Waals surface area contributed by atoms with Gasteiger partial charge in [-0.2, -0.15) is 0 Å². The highest BCUT2D eigenvalue weighted by Gasteiger charge is 2.39. The van der Waals surface area contributed by atoms with Crippen LogP contribution in [-0.4, -0.2) is 12.2 Å². The molecule has 1 unspecified atom stereocenters. The highest BCUT2D eigenvalue weighted by Crippen LogP contribution is 2.45. The molecular formula is C15H18N2O. The fraction of sp³-hybridized carbons (Fsp3) is 0.400. The Morgan fingerprint density at radius 1 is 1.39 bits per heavy atom. The van der Waals surface area contributed by atoms with Crippen LogP contribution in [0.1, 0.15) is 35.7 Å². The lowest BCUT2D eigenvalue weighted by atomic mass is 9.80. The van der Waals surface area contributed by atoms with Gasteiger partial charge in [0, 0.05) is 12.5 Å². The van der Waals surface area contributed by atoms with Crippen LogP contribution in [0.2, 0.25) is 0 Å². The Hall–Kier alpha value is -1.77. The summed E-state index contributed by atoms with van der Waals surface area (Å²) < 4.78 is 5.15. The van der Waals surface area contributed by atoms with Gasteiger partial charge < -0.3 is 9.84 Å². The van der Waals surface area contributed by atoms with Crippen LogP contribution in [0.25, 0.3) is 0 Å². The molecule has 0 amide bonds. The van der Waals surface area contributed by atoms with Crippen LogP contribution < -0.4 is 5.32 Å². The molecule has 1 aromatic heterocycles. The Kier molecular flexibility index (Phi) is 2.44. The maximum Gasteiger partial charge on any atom is 0.147 e. The smallest absolute Gasteiger partial charge is 0.147 e. The number of aromatic nitrogens is 1. The molecule has 0 spiro atoms. The van der Waals surface area contributed by atoms with Crippen LogP contribution in [0, 0.1) is 6.92 Å². The predicted molar refractivity (Wildman–Crippen MR) is 72.0 cm³/mol. The summed E-state index contributed by atoms with van der Waals surface area (Å²) in [5, 5.41) is 7.40. The average Bonchev–Trinajstić information content (AvgIpc) is 2.96. The van der Waals surface area contributed by atoms with E-state index in [0.717, 1.165) is 24.2 Å². The molecule has 1 N–H and O–H groups in total. The molecule has 3 heteroatoms. The number of anilines is 1. The lowest BCUT2D eigenvalue weighted by molar-refractivity contribution is 0.392. The minimum absolute atomic E-state index is 0.0350. The van der Waals surface area contributed by atoms with Crippen LogP contribution in [-0.2, 0) is 11.8 Å². The molecule has 1 atom stereocenters. The third-order valence-electron chi connectivity index (χ3n) is 4.12. The summed E-state index contributed by atoms with van der Waals surface area (Å²) in [6.07, 6.45) is 3.89. The molecule has 3 rings (SSSR count). The van der Waals surface area contributed by atoms with Crippen LogP contribution >= 0.6 is 0 Å². The molecule has 94 valence electrons. The van der Waals surface area contributed by atoms with E-state index >= 15 is 0 Å². The normalized spacial score (nSPS) is 21.9. The van der Waals surface area contributed by atoms with Crippen LogP contribution in [0.5, 0.6) is 0 Å². The average molecular weight is 242 g/mol. The Balaban J connectivity index is 2.17. The molecule has 0 saturated carbocycles. The summed E-state index contributed by atoms with van der Waals surface area (Å²) in [4.78, 5) is 0. The van der Waals surface area contributed by atoms with E-state index in [0.29, 0.717) is 0 Å². The van der Waals surface area contributed by atoms with Crippen LogP contribution in [0.4, 0.5) is 5.69 Å². The lowest BCUT2D eigenvalue weighted by Gasteiger charge is -2.24. The zero-order valence-corrected chi connectivity index (χ0v) is 11.1. The van der Waals surface area contributed by atoms with Gasteiger partial charge in [-0.15, -0.1) is 0 Å². The second-order valence-corrected chi connectivity index (χ2v) is 5.32. The first-order chi connectivity index (χ1) is 8.65. The third-order valence-corrected chi connectivity index (χ3v) is 4.12. The molecule has 0 fully saturated rings. The maximum atomic E-state index is 5.15. The van der Waals surface area contributed by atoms with Gasteiger partial charge in [0.15, 0.2) is 0 Å². The molecule has 3 nitrogen and oxygen atoms in total. The van der Waals surface area contributed by atoms with Gasteiger partial charge in [0.1, 0.15) is 12.0 Å². The summed E-state index contributed by atoms with van der Waals surface area (Å²) in [6, 6.07) is 6.72. The zero-order chi connectivity index (χ0) is 12.8. The van der Waals surface area contributed by atoms with Gasteiger partial charge in [-0.3, -0.25) is 0 Å². The van der Waals surface area contributed by atoms with E-state index in [9.17, 15) is 0 Å². The molecule has 2 aromatic rings. The van der Waals surface area contributed by atoms with Gasteiger partial charge in [0.2, 0.25) is 0 Å². The molecule has 1 aromatic carbocycles. The second-order valence-electron chi connectivity index (χ2n) is 5.32. The van der Waals surface area contributed by atoms with Gasteiger partial charge in [-0.25, -0.2) is 0 Å². The van der Waals surface area contributed by atoms with Crippen molar-refractivity contribution >= 4 is 5.69 Å². The summed E-state index contributed by atoms with van der Waals surface area (Å²) in [7, 11) is 1.91. The SMILES string of the molecule is CNc1conc1C1(C)CCc2ccc(C)cc21. The number of hydrogen-bond acceptors (Lipinski definition) is 3. The standard InChI is InChI=1S/C15H18N2O/c1-10-4-5-11-6-7-15(2,12(11)8-10)14-13(16-3)9-18-17-14/h4-5,8-9,16H,6-7H2,1-3H3. The van der Waals surface area contributed by atoms with E-state index in [1.807, 2.05) is 7.05 Å². The van der Waals surface area contributed by atoms with Crippen LogP contribution in [0.15, 0.2) is 29.0 Å². The van der Waals surface area contributed by atoms with E-state index < -0.39 is 0 Å². The van der Waals surface area contributed by atoms with E-state index in [1.165, 1.54) is 16.7 Å². The molecule has 1 heterocycles. The minimum atomic E-state index is -0.0350. The Bertz CT molecular complexity index is 588. The van der Waals surface area contributed by atoms with Crippen molar-refractivity contribution in [2.75, 3.05) is 12.4 Å². The highest BCUT2D eigenvalue weighted by atomic mass is 16.5. The summed E-state index contributed by atoms with van der Waals surface area (Å²) in [6.45, 7) is 4.40. The zero-order valence-electron chi connectivity index (χ0n) is 11.1. The Morgan fingerprint density at radius 2 is 2.22 bits per heavy atom. The largest absolute Gasteiger partial charge is 0.384 e. The minimum Gasteiger partial charge on any atom is -0.384 e. The monoisotopic (exact) mass is 242 g/mol. The summed E-state index contributed by atoms with van der Waals surface area (Å²) >= 11 is 0. The van der Waals surface area contributed by atoms with Crippen molar-refractivity contribution in [1.82, 2.24) is 5.16 Å². The van der Waals surface area contributed by atoms with E-state index in [4.69, 9.17) is 4.52 Å². The highest BCUT2D eigenvalue weighted by molar-refractivity contribution is 5.56. The molecule has 0 aliphatic heterocycles. The molecule has 1 aliphatic rings. The van der Waals surface area contributed by atoms with Gasteiger partial charge in [0.05, 0.1) is 5.69 Å². The van der Waals surface area contributed by atoms with Gasteiger partial charge in [-0.05, 0) is 37.8 Å². The molecule has 0 radical (unpaired) electrons. The van der Waals surface area contributed by atoms with Crippen molar-refractivity contribution in [3.05, 3.63) is 46.8 Å². The fourth-order valence-corrected chi connectivity index (χ4v) is 3.00. The first kappa shape index (κ1) is 11.3. The summed E-state index contributed by atoms with van der Waals surface area (Å²) in [5.74, 6) is 0. The topological polar surface area (TPSA) is 38.1 Å². The van der Waals surface area contributed by atoms with Crippen molar-refractivity contribution in [2.45, 2.75) is 32.1 Å². The molecule has 1 aliphatic carbocycles. The van der Waals surface area contributed by atoms with Gasteiger partial charge in [-0.1, -0.05) is 28.9 Å². The number of hydrogen-bond donors (Lipinski definition) is 1. The number of fused-ring (bicyclic) bond motifs is 1. The van der Waals surface area contributed by atoms with Crippen molar-refractivity contribution in [3.8, 4) is 0 Å². The van der Waals surface area contributed by atoms with Gasteiger partial charge in [0.25, 0.3) is 0 Å². The van der Waals surface area contributed by atoms with Crippen LogP contribution in [0.3, 0.4) is 0 Å². The van der Waals surface area contributed by atoms with Crippen molar-refractivity contribution in [1.29, 1.82) is 0 Å². The number of rotatable bonds is 2. The Labute approximate surface area is 107 Å². The van der Waals surface area contributed by atoms with Crippen molar-refractivity contribution in [3.63, 3.8) is 0 Å². The number of nitrogens with zero attached hydrogens (tertiary/aromatic N) is 1. The quantitative estimate of drug-likeness (QED) is 0.878. The number of aryl methyl sites for hydroxylation is 2. The molecule has 0 saturated heterocycles. The van der Waals surface area contributed by atoms with Crippen molar-refractivity contribution < 1.29 is 4.52 Å². The lowest BCUT2D eigenvalue weighted by Crippen LogP contribution is -2.22. The van der Waals surface area contributed by atoms with E-state index in [1.54, 1.807) is 6.26 Å². The third kappa shape index (κ3) is 1.47. The number of nitrogens with one attached hydrogen (secondary N) is 1. The summed E-state index contributed by atoms with van der Waals surface area (Å²) in [5.41, 5.74) is 6.12. The molecule has 18 heavy (non-hydrogen) atoms. The van der Waals surface area contributed by atoms with Crippen molar-refractivity contribution in [2.24, 2.45) is 0 Å².